The van der Waals surface area contributed by atoms with Crippen LogP contribution in [0.15, 0.2) is 53.4 Å². The minimum atomic E-state index is -3.73. The zero-order chi connectivity index (χ0) is 18.2. The van der Waals surface area contributed by atoms with Gasteiger partial charge in [-0.2, -0.15) is 0 Å². The lowest BCUT2D eigenvalue weighted by Crippen LogP contribution is -2.36. The van der Waals surface area contributed by atoms with Crippen LogP contribution < -0.4 is 9.62 Å². The quantitative estimate of drug-likeness (QED) is 0.914. The zero-order valence-corrected chi connectivity index (χ0v) is 15.4. The Balaban J connectivity index is 2.00. The first-order valence-electron chi connectivity index (χ1n) is 8.34. The lowest BCUT2D eigenvalue weighted by molar-refractivity contribution is 0.0943. The van der Waals surface area contributed by atoms with Crippen LogP contribution in [-0.4, -0.2) is 26.4 Å². The molecule has 5 nitrogen and oxygen atoms in total. The van der Waals surface area contributed by atoms with Gasteiger partial charge in [-0.3, -0.25) is 9.10 Å². The Bertz CT molecular complexity index is 906. The van der Waals surface area contributed by atoms with Gasteiger partial charge in [0.1, 0.15) is 0 Å². The molecule has 0 radical (unpaired) electrons. The van der Waals surface area contributed by atoms with Crippen molar-refractivity contribution in [2.45, 2.75) is 44.2 Å². The Morgan fingerprint density at radius 2 is 1.88 bits per heavy atom. The van der Waals surface area contributed by atoms with E-state index in [1.165, 1.54) is 16.4 Å². The van der Waals surface area contributed by atoms with Crippen molar-refractivity contribution >= 4 is 21.6 Å². The van der Waals surface area contributed by atoms with Gasteiger partial charge in [-0.1, -0.05) is 24.3 Å². The highest BCUT2D eigenvalue weighted by atomic mass is 32.2. The Morgan fingerprint density at radius 1 is 1.16 bits per heavy atom. The van der Waals surface area contributed by atoms with E-state index in [1.807, 2.05) is 45.0 Å². The zero-order valence-electron chi connectivity index (χ0n) is 14.6. The number of anilines is 1. The molecule has 0 fully saturated rings. The van der Waals surface area contributed by atoms with Crippen LogP contribution in [0.5, 0.6) is 0 Å². The minimum Gasteiger partial charge on any atom is -0.350 e. The number of fused-ring (bicyclic) bond motifs is 1. The molecule has 0 saturated carbocycles. The average molecular weight is 358 g/mol. The molecule has 1 aliphatic rings. The van der Waals surface area contributed by atoms with Crippen molar-refractivity contribution in [2.24, 2.45) is 0 Å². The van der Waals surface area contributed by atoms with E-state index in [0.29, 0.717) is 17.7 Å². The summed E-state index contributed by atoms with van der Waals surface area (Å²) in [4.78, 5) is 12.3. The average Bonchev–Trinajstić information content (AvgIpc) is 2.90. The fourth-order valence-electron chi connectivity index (χ4n) is 3.16. The molecule has 1 N–H and O–H groups in total. The number of nitrogens with zero attached hydrogens (tertiary/aromatic N) is 1. The smallest absolute Gasteiger partial charge is 0.264 e. The molecule has 25 heavy (non-hydrogen) atoms. The number of hydrogen-bond acceptors (Lipinski definition) is 3. The number of nitrogens with one attached hydrogen (secondary N) is 1. The molecule has 0 bridgehead atoms. The SMILES string of the molecule is CC(C)NC(=O)c1cccc(S(=O)(=O)N2c3ccccc3CC2C)c1. The third-order valence-electron chi connectivity index (χ3n) is 4.22. The molecule has 3 rings (SSSR count). The molecule has 0 aromatic heterocycles. The van der Waals surface area contributed by atoms with Gasteiger partial charge in [-0.05, 0) is 57.0 Å². The maximum Gasteiger partial charge on any atom is 0.264 e. The van der Waals surface area contributed by atoms with Gasteiger partial charge in [0.25, 0.3) is 15.9 Å². The van der Waals surface area contributed by atoms with Crippen molar-refractivity contribution < 1.29 is 13.2 Å². The molecule has 1 aliphatic heterocycles. The van der Waals surface area contributed by atoms with E-state index in [2.05, 4.69) is 5.32 Å². The van der Waals surface area contributed by atoms with E-state index in [0.717, 1.165) is 5.56 Å². The molecule has 0 saturated heterocycles. The molecule has 1 atom stereocenters. The second-order valence-electron chi connectivity index (χ2n) is 6.64. The summed E-state index contributed by atoms with van der Waals surface area (Å²) in [6.07, 6.45) is 0.683. The van der Waals surface area contributed by atoms with E-state index < -0.39 is 10.0 Å². The van der Waals surface area contributed by atoms with Crippen molar-refractivity contribution in [3.8, 4) is 0 Å². The van der Waals surface area contributed by atoms with Crippen LogP contribution in [-0.2, 0) is 16.4 Å². The lowest BCUT2D eigenvalue weighted by Gasteiger charge is -2.24. The first kappa shape index (κ1) is 17.5. The van der Waals surface area contributed by atoms with Crippen molar-refractivity contribution in [1.29, 1.82) is 0 Å². The van der Waals surface area contributed by atoms with Gasteiger partial charge in [0.05, 0.1) is 10.6 Å². The number of amides is 1. The Labute approximate surface area is 148 Å². The molecular weight excluding hydrogens is 336 g/mol. The molecule has 0 spiro atoms. The predicted molar refractivity (Wildman–Crippen MR) is 98.3 cm³/mol. The summed E-state index contributed by atoms with van der Waals surface area (Å²) in [5, 5.41) is 2.78. The molecule has 0 aliphatic carbocycles. The van der Waals surface area contributed by atoms with Gasteiger partial charge in [0, 0.05) is 17.6 Å². The highest BCUT2D eigenvalue weighted by molar-refractivity contribution is 7.92. The van der Waals surface area contributed by atoms with Gasteiger partial charge in [-0.15, -0.1) is 0 Å². The number of carbonyl (C=O) groups is 1. The Morgan fingerprint density at radius 3 is 2.60 bits per heavy atom. The number of para-hydroxylation sites is 1. The molecule has 2 aromatic carbocycles. The van der Waals surface area contributed by atoms with Crippen LogP contribution in [0.4, 0.5) is 5.69 Å². The van der Waals surface area contributed by atoms with Crippen molar-refractivity contribution in [1.82, 2.24) is 5.32 Å². The molecule has 1 amide bonds. The van der Waals surface area contributed by atoms with Crippen molar-refractivity contribution in [3.05, 3.63) is 59.7 Å². The van der Waals surface area contributed by atoms with E-state index in [4.69, 9.17) is 0 Å². The molecule has 1 heterocycles. The summed E-state index contributed by atoms with van der Waals surface area (Å²) in [5.41, 5.74) is 2.08. The maximum absolute atomic E-state index is 13.2. The topological polar surface area (TPSA) is 66.5 Å². The normalized spacial score (nSPS) is 16.8. The van der Waals surface area contributed by atoms with Crippen LogP contribution >= 0.6 is 0 Å². The minimum absolute atomic E-state index is 0.0155. The van der Waals surface area contributed by atoms with Crippen molar-refractivity contribution in [2.75, 3.05) is 4.31 Å². The lowest BCUT2D eigenvalue weighted by atomic mass is 10.1. The van der Waals surface area contributed by atoms with E-state index >= 15 is 0 Å². The first-order chi connectivity index (χ1) is 11.8. The third kappa shape index (κ3) is 3.26. The second-order valence-corrected chi connectivity index (χ2v) is 8.45. The molecular formula is C19H22N2O3S. The van der Waals surface area contributed by atoms with Crippen LogP contribution in [0.3, 0.4) is 0 Å². The molecule has 6 heteroatoms. The molecule has 2 aromatic rings. The van der Waals surface area contributed by atoms with Gasteiger partial charge in [-0.25, -0.2) is 8.42 Å². The summed E-state index contributed by atoms with van der Waals surface area (Å²) >= 11 is 0. The highest BCUT2D eigenvalue weighted by Gasteiger charge is 2.36. The Hall–Kier alpha value is -2.34. The van der Waals surface area contributed by atoms with E-state index in [-0.39, 0.29) is 22.9 Å². The summed E-state index contributed by atoms with van der Waals surface area (Å²) < 4.78 is 27.9. The van der Waals surface area contributed by atoms with Crippen LogP contribution in [0.2, 0.25) is 0 Å². The fraction of sp³-hybridized carbons (Fsp3) is 0.316. The van der Waals surface area contributed by atoms with Crippen LogP contribution in [0, 0.1) is 0 Å². The number of benzene rings is 2. The van der Waals surface area contributed by atoms with Gasteiger partial charge < -0.3 is 5.32 Å². The third-order valence-corrected chi connectivity index (χ3v) is 6.14. The molecule has 1 unspecified atom stereocenters. The standard InChI is InChI=1S/C19H22N2O3S/c1-13(2)20-19(22)16-8-6-9-17(12-16)25(23,24)21-14(3)11-15-7-4-5-10-18(15)21/h4-10,12-14H,11H2,1-3H3,(H,20,22). The van der Waals surface area contributed by atoms with E-state index in [1.54, 1.807) is 12.1 Å². The second kappa shape index (κ2) is 6.52. The first-order valence-corrected chi connectivity index (χ1v) is 9.78. The van der Waals surface area contributed by atoms with E-state index in [9.17, 15) is 13.2 Å². The monoisotopic (exact) mass is 358 g/mol. The summed E-state index contributed by atoms with van der Waals surface area (Å²) in [6.45, 7) is 5.62. The number of sulfonamides is 1. The van der Waals surface area contributed by atoms with Gasteiger partial charge in [0.2, 0.25) is 0 Å². The number of carbonyl (C=O) groups excluding carboxylic acids is 1. The van der Waals surface area contributed by atoms with Crippen LogP contribution in [0.25, 0.3) is 0 Å². The van der Waals surface area contributed by atoms with Crippen LogP contribution in [0.1, 0.15) is 36.7 Å². The fourth-order valence-corrected chi connectivity index (χ4v) is 4.90. The van der Waals surface area contributed by atoms with Crippen molar-refractivity contribution in [3.63, 3.8) is 0 Å². The largest absolute Gasteiger partial charge is 0.350 e. The number of rotatable bonds is 4. The predicted octanol–water partition coefficient (Wildman–Crippen LogP) is 2.96. The van der Waals surface area contributed by atoms with Gasteiger partial charge >= 0.3 is 0 Å². The Kier molecular flexibility index (Phi) is 4.56. The highest BCUT2D eigenvalue weighted by Crippen LogP contribution is 2.36. The van der Waals surface area contributed by atoms with Gasteiger partial charge in [0.15, 0.2) is 0 Å². The number of hydrogen-bond donors (Lipinski definition) is 1. The summed E-state index contributed by atoms with van der Waals surface area (Å²) in [7, 11) is -3.73. The summed E-state index contributed by atoms with van der Waals surface area (Å²) in [6, 6.07) is 13.6. The maximum atomic E-state index is 13.2. The summed E-state index contributed by atoms with van der Waals surface area (Å²) in [5.74, 6) is -0.276. The molecule has 132 valence electrons.